The Bertz CT molecular complexity index is 358. The van der Waals surface area contributed by atoms with Gasteiger partial charge in [-0.1, -0.05) is 28.1 Å². The smallest absolute Gasteiger partial charge is 0.311 e. The van der Waals surface area contributed by atoms with E-state index in [-0.39, 0.29) is 5.92 Å². The molecule has 2 rings (SSSR count). The van der Waals surface area contributed by atoms with E-state index in [4.69, 9.17) is 5.11 Å². The third kappa shape index (κ3) is 1.98. The summed E-state index contributed by atoms with van der Waals surface area (Å²) in [5.74, 6) is -0.667. The molecule has 0 amide bonds. The number of hydrogen-bond donors (Lipinski definition) is 1. The molecular weight excluding hydrogens is 244 g/mol. The van der Waals surface area contributed by atoms with E-state index in [9.17, 15) is 4.79 Å². The predicted molar refractivity (Wildman–Crippen MR) is 57.2 cm³/mol. The average Bonchev–Trinajstić information content (AvgIpc) is 2.88. The molecule has 0 spiro atoms. The van der Waals surface area contributed by atoms with Gasteiger partial charge < -0.3 is 5.11 Å². The lowest BCUT2D eigenvalue weighted by Crippen LogP contribution is -2.13. The van der Waals surface area contributed by atoms with Crippen molar-refractivity contribution < 1.29 is 9.90 Å². The Morgan fingerprint density at radius 1 is 1.50 bits per heavy atom. The van der Waals surface area contributed by atoms with Crippen LogP contribution in [0.2, 0.25) is 0 Å². The Labute approximate surface area is 91.1 Å². The molecule has 1 aliphatic rings. The van der Waals surface area contributed by atoms with Crippen LogP contribution < -0.4 is 0 Å². The summed E-state index contributed by atoms with van der Waals surface area (Å²) in [6.45, 7) is 0. The van der Waals surface area contributed by atoms with Gasteiger partial charge in [-0.15, -0.1) is 0 Å². The van der Waals surface area contributed by atoms with Gasteiger partial charge in [0.2, 0.25) is 0 Å². The maximum Gasteiger partial charge on any atom is 0.311 e. The summed E-state index contributed by atoms with van der Waals surface area (Å²) >= 11 is 3.36. The molecule has 0 heterocycles. The number of halogens is 1. The zero-order valence-corrected chi connectivity index (χ0v) is 9.20. The van der Waals surface area contributed by atoms with E-state index in [0.717, 1.165) is 22.9 Å². The summed E-state index contributed by atoms with van der Waals surface area (Å²) in [6.07, 6.45) is 2.09. The zero-order valence-electron chi connectivity index (χ0n) is 7.61. The first kappa shape index (κ1) is 9.71. The maximum atomic E-state index is 11.1. The third-order valence-corrected chi connectivity index (χ3v) is 3.06. The van der Waals surface area contributed by atoms with Crippen molar-refractivity contribution in [3.05, 3.63) is 34.3 Å². The number of hydrogen-bond acceptors (Lipinski definition) is 1. The minimum Gasteiger partial charge on any atom is -0.481 e. The van der Waals surface area contributed by atoms with Crippen LogP contribution in [0.3, 0.4) is 0 Å². The van der Waals surface area contributed by atoms with E-state index in [2.05, 4.69) is 15.9 Å². The highest BCUT2D eigenvalue weighted by Crippen LogP contribution is 2.43. The molecule has 1 N–H and O–H groups in total. The van der Waals surface area contributed by atoms with Gasteiger partial charge in [-0.2, -0.15) is 0 Å². The Morgan fingerprint density at radius 2 is 2.21 bits per heavy atom. The first-order valence-corrected chi connectivity index (χ1v) is 5.46. The van der Waals surface area contributed by atoms with Crippen molar-refractivity contribution in [3.8, 4) is 0 Å². The van der Waals surface area contributed by atoms with Gasteiger partial charge in [-0.05, 0) is 36.5 Å². The van der Waals surface area contributed by atoms with E-state index in [1.165, 1.54) is 0 Å². The van der Waals surface area contributed by atoms with Crippen LogP contribution in [-0.2, 0) is 4.79 Å². The standard InChI is InChI=1S/C11H11BrO2/c12-9-3-1-2-8(6-9)10(11(13)14)7-4-5-7/h1-3,6-7,10H,4-5H2,(H,13,14). The van der Waals surface area contributed by atoms with E-state index in [0.29, 0.717) is 5.92 Å². The molecule has 1 unspecified atom stereocenters. The van der Waals surface area contributed by atoms with E-state index in [1.807, 2.05) is 24.3 Å². The van der Waals surface area contributed by atoms with E-state index in [1.54, 1.807) is 0 Å². The van der Waals surface area contributed by atoms with Gasteiger partial charge in [0.1, 0.15) is 0 Å². The van der Waals surface area contributed by atoms with Gasteiger partial charge in [-0.25, -0.2) is 0 Å². The van der Waals surface area contributed by atoms with Gasteiger partial charge >= 0.3 is 5.97 Å². The van der Waals surface area contributed by atoms with Crippen LogP contribution in [0.25, 0.3) is 0 Å². The van der Waals surface area contributed by atoms with Crippen molar-refractivity contribution >= 4 is 21.9 Å². The number of carboxylic acid groups (broad SMARTS) is 1. The van der Waals surface area contributed by atoms with Crippen LogP contribution in [0, 0.1) is 5.92 Å². The number of rotatable bonds is 3. The van der Waals surface area contributed by atoms with E-state index >= 15 is 0 Å². The largest absolute Gasteiger partial charge is 0.481 e. The van der Waals surface area contributed by atoms with Gasteiger partial charge in [0, 0.05) is 4.47 Å². The van der Waals surface area contributed by atoms with E-state index < -0.39 is 5.97 Å². The van der Waals surface area contributed by atoms with Crippen LogP contribution in [0.15, 0.2) is 28.7 Å². The molecule has 0 bridgehead atoms. The highest BCUT2D eigenvalue weighted by Gasteiger charge is 2.37. The van der Waals surface area contributed by atoms with Crippen molar-refractivity contribution in [2.24, 2.45) is 5.92 Å². The maximum absolute atomic E-state index is 11.1. The van der Waals surface area contributed by atoms with Gasteiger partial charge in [0.15, 0.2) is 0 Å². The van der Waals surface area contributed by atoms with Crippen LogP contribution in [0.4, 0.5) is 0 Å². The lowest BCUT2D eigenvalue weighted by atomic mass is 9.94. The molecule has 2 nitrogen and oxygen atoms in total. The van der Waals surface area contributed by atoms with Gasteiger partial charge in [-0.3, -0.25) is 4.79 Å². The summed E-state index contributed by atoms with van der Waals surface area (Å²) in [5.41, 5.74) is 0.911. The van der Waals surface area contributed by atoms with Gasteiger partial charge in [0.25, 0.3) is 0 Å². The molecule has 0 radical (unpaired) electrons. The third-order valence-electron chi connectivity index (χ3n) is 2.57. The highest BCUT2D eigenvalue weighted by molar-refractivity contribution is 9.10. The summed E-state index contributed by atoms with van der Waals surface area (Å²) in [6, 6.07) is 7.59. The molecule has 1 aromatic carbocycles. The van der Waals surface area contributed by atoms with Crippen molar-refractivity contribution in [1.82, 2.24) is 0 Å². The fourth-order valence-corrected chi connectivity index (χ4v) is 2.16. The van der Waals surface area contributed by atoms with Crippen LogP contribution in [0.5, 0.6) is 0 Å². The normalized spacial score (nSPS) is 17.8. The van der Waals surface area contributed by atoms with Gasteiger partial charge in [0.05, 0.1) is 5.92 Å². The fraction of sp³-hybridized carbons (Fsp3) is 0.364. The van der Waals surface area contributed by atoms with Crippen molar-refractivity contribution in [2.75, 3.05) is 0 Å². The summed E-state index contributed by atoms with van der Waals surface area (Å²) in [7, 11) is 0. The summed E-state index contributed by atoms with van der Waals surface area (Å²) < 4.78 is 0.946. The van der Waals surface area contributed by atoms with Crippen molar-refractivity contribution in [3.63, 3.8) is 0 Å². The monoisotopic (exact) mass is 254 g/mol. The number of aliphatic carboxylic acids is 1. The quantitative estimate of drug-likeness (QED) is 0.901. The second-order valence-electron chi connectivity index (χ2n) is 3.71. The minimum atomic E-state index is -0.703. The molecule has 14 heavy (non-hydrogen) atoms. The average molecular weight is 255 g/mol. The highest BCUT2D eigenvalue weighted by atomic mass is 79.9. The van der Waals surface area contributed by atoms with Crippen molar-refractivity contribution in [1.29, 1.82) is 0 Å². The second-order valence-corrected chi connectivity index (χ2v) is 4.62. The minimum absolute atomic E-state index is 0.313. The number of benzene rings is 1. The Kier molecular flexibility index (Phi) is 2.59. The lowest BCUT2D eigenvalue weighted by Gasteiger charge is -2.11. The molecule has 74 valence electrons. The Balaban J connectivity index is 2.30. The summed E-state index contributed by atoms with van der Waals surface area (Å²) in [4.78, 5) is 11.1. The second kappa shape index (κ2) is 3.73. The fourth-order valence-electron chi connectivity index (χ4n) is 1.75. The first-order valence-electron chi connectivity index (χ1n) is 4.67. The molecule has 3 heteroatoms. The zero-order chi connectivity index (χ0) is 10.1. The number of carbonyl (C=O) groups is 1. The van der Waals surface area contributed by atoms with Crippen LogP contribution >= 0.6 is 15.9 Å². The molecule has 1 aliphatic carbocycles. The molecule has 1 saturated carbocycles. The molecule has 0 aliphatic heterocycles. The molecular formula is C11H11BrO2. The summed E-state index contributed by atoms with van der Waals surface area (Å²) in [5, 5.41) is 9.11. The predicted octanol–water partition coefficient (Wildman–Crippen LogP) is 3.03. The Morgan fingerprint density at radius 3 is 2.71 bits per heavy atom. The molecule has 1 atom stereocenters. The lowest BCUT2D eigenvalue weighted by molar-refractivity contribution is -0.139. The topological polar surface area (TPSA) is 37.3 Å². The molecule has 0 saturated heterocycles. The van der Waals surface area contributed by atoms with Crippen LogP contribution in [0.1, 0.15) is 24.3 Å². The Hall–Kier alpha value is -0.830. The van der Waals surface area contributed by atoms with Crippen LogP contribution in [-0.4, -0.2) is 11.1 Å². The SMILES string of the molecule is O=C(O)C(c1cccc(Br)c1)C1CC1. The van der Waals surface area contributed by atoms with Crippen molar-refractivity contribution in [2.45, 2.75) is 18.8 Å². The first-order chi connectivity index (χ1) is 6.68. The molecule has 0 aromatic heterocycles. The molecule has 1 aromatic rings. The molecule has 1 fully saturated rings. The number of carboxylic acids is 1.